The maximum absolute atomic E-state index is 9.50. The summed E-state index contributed by atoms with van der Waals surface area (Å²) in [6.07, 6.45) is 5.64. The summed E-state index contributed by atoms with van der Waals surface area (Å²) in [7, 11) is 0. The average Bonchev–Trinajstić information content (AvgIpc) is 3.20. The van der Waals surface area contributed by atoms with Crippen LogP contribution in [0.25, 0.3) is 16.7 Å². The zero-order chi connectivity index (χ0) is 19.8. The molecule has 0 saturated carbocycles. The van der Waals surface area contributed by atoms with Crippen LogP contribution >= 0.6 is 0 Å². The van der Waals surface area contributed by atoms with Crippen molar-refractivity contribution in [2.75, 3.05) is 36.0 Å². The van der Waals surface area contributed by atoms with E-state index in [0.717, 1.165) is 60.2 Å². The summed E-state index contributed by atoms with van der Waals surface area (Å²) in [5.41, 5.74) is 4.00. The van der Waals surface area contributed by atoms with Gasteiger partial charge in [-0.25, -0.2) is 4.98 Å². The SMILES string of the molecule is Cc1nc(N2CCN(c3ccc(O)cc3)CC2)nc2c1ccn2-c1cccnc1. The van der Waals surface area contributed by atoms with Crippen LogP contribution in [0.4, 0.5) is 11.6 Å². The van der Waals surface area contributed by atoms with Gasteiger partial charge in [0.2, 0.25) is 5.95 Å². The molecule has 7 nitrogen and oxygen atoms in total. The molecule has 1 saturated heterocycles. The highest BCUT2D eigenvalue weighted by atomic mass is 16.3. The van der Waals surface area contributed by atoms with Gasteiger partial charge in [0.15, 0.2) is 0 Å². The van der Waals surface area contributed by atoms with Gasteiger partial charge in [0.1, 0.15) is 11.4 Å². The molecule has 0 spiro atoms. The third-order valence-corrected chi connectivity index (χ3v) is 5.42. The average molecular weight is 386 g/mol. The predicted octanol–water partition coefficient (Wildman–Crippen LogP) is 3.16. The van der Waals surface area contributed by atoms with Crippen molar-refractivity contribution >= 4 is 22.7 Å². The first-order valence-corrected chi connectivity index (χ1v) is 9.74. The molecule has 4 aromatic rings. The van der Waals surface area contributed by atoms with Crippen LogP contribution in [0.15, 0.2) is 61.1 Å². The fraction of sp³-hybridized carbons (Fsp3) is 0.227. The first kappa shape index (κ1) is 17.5. The molecule has 29 heavy (non-hydrogen) atoms. The third kappa shape index (κ3) is 3.24. The van der Waals surface area contributed by atoms with Gasteiger partial charge in [0.25, 0.3) is 0 Å². The number of aromatic hydroxyl groups is 1. The number of benzene rings is 1. The quantitative estimate of drug-likeness (QED) is 0.583. The number of piperazine rings is 1. The summed E-state index contributed by atoms with van der Waals surface area (Å²) in [5, 5.41) is 10.6. The number of nitrogens with zero attached hydrogens (tertiary/aromatic N) is 6. The third-order valence-electron chi connectivity index (χ3n) is 5.42. The van der Waals surface area contributed by atoms with E-state index in [1.165, 1.54) is 0 Å². The van der Waals surface area contributed by atoms with Gasteiger partial charge in [0.05, 0.1) is 17.6 Å². The molecule has 0 radical (unpaired) electrons. The summed E-state index contributed by atoms with van der Waals surface area (Å²) < 4.78 is 2.06. The molecule has 1 aliphatic heterocycles. The van der Waals surface area contributed by atoms with E-state index in [1.54, 1.807) is 18.3 Å². The van der Waals surface area contributed by atoms with Crippen molar-refractivity contribution in [1.82, 2.24) is 19.5 Å². The maximum atomic E-state index is 9.50. The highest BCUT2D eigenvalue weighted by Gasteiger charge is 2.21. The Bertz CT molecular complexity index is 1130. The minimum absolute atomic E-state index is 0.293. The fourth-order valence-corrected chi connectivity index (χ4v) is 3.82. The first-order valence-electron chi connectivity index (χ1n) is 9.74. The number of fused-ring (bicyclic) bond motifs is 1. The highest BCUT2D eigenvalue weighted by molar-refractivity contribution is 5.81. The lowest BCUT2D eigenvalue weighted by Gasteiger charge is -2.36. The Hall–Kier alpha value is -3.61. The van der Waals surface area contributed by atoms with Crippen molar-refractivity contribution in [1.29, 1.82) is 0 Å². The van der Waals surface area contributed by atoms with E-state index in [2.05, 4.69) is 25.4 Å². The Labute approximate surface area is 168 Å². The van der Waals surface area contributed by atoms with Crippen LogP contribution in [-0.2, 0) is 0 Å². The van der Waals surface area contributed by atoms with Crippen LogP contribution in [0.1, 0.15) is 5.69 Å². The lowest BCUT2D eigenvalue weighted by Crippen LogP contribution is -2.47. The first-order chi connectivity index (χ1) is 14.2. The monoisotopic (exact) mass is 386 g/mol. The van der Waals surface area contributed by atoms with Crippen LogP contribution in [0, 0.1) is 6.92 Å². The van der Waals surface area contributed by atoms with Crippen LogP contribution < -0.4 is 9.80 Å². The Morgan fingerprint density at radius 3 is 2.34 bits per heavy atom. The largest absolute Gasteiger partial charge is 0.508 e. The van der Waals surface area contributed by atoms with Crippen LogP contribution in [-0.4, -0.2) is 50.8 Å². The molecule has 0 amide bonds. The summed E-state index contributed by atoms with van der Waals surface area (Å²) in [6, 6.07) is 13.4. The summed E-state index contributed by atoms with van der Waals surface area (Å²) in [5.74, 6) is 1.06. The Balaban J connectivity index is 1.42. The Kier molecular flexibility index (Phi) is 4.27. The van der Waals surface area contributed by atoms with Crippen LogP contribution in [0.2, 0.25) is 0 Å². The van der Waals surface area contributed by atoms with E-state index in [1.807, 2.05) is 43.6 Å². The Morgan fingerprint density at radius 2 is 1.62 bits per heavy atom. The molecule has 0 unspecified atom stereocenters. The van der Waals surface area contributed by atoms with E-state index in [-0.39, 0.29) is 0 Å². The molecule has 0 atom stereocenters. The maximum Gasteiger partial charge on any atom is 0.227 e. The van der Waals surface area contributed by atoms with E-state index in [4.69, 9.17) is 9.97 Å². The number of rotatable bonds is 3. The van der Waals surface area contributed by atoms with Gasteiger partial charge in [-0.3, -0.25) is 9.55 Å². The standard InChI is InChI=1S/C22H22N6O/c1-16-20-8-10-28(18-3-2-9-23-15-18)21(20)25-22(24-16)27-13-11-26(12-14-27)17-4-6-19(29)7-5-17/h2-10,15,29H,11-14H2,1H3. The van der Waals surface area contributed by atoms with Gasteiger partial charge in [-0.05, 0) is 49.4 Å². The molecule has 5 rings (SSSR count). The van der Waals surface area contributed by atoms with Gasteiger partial charge >= 0.3 is 0 Å². The number of anilines is 2. The molecule has 0 bridgehead atoms. The second kappa shape index (κ2) is 7.09. The number of phenolic OH excluding ortho intramolecular Hbond substituents is 1. The lowest BCUT2D eigenvalue weighted by atomic mass is 10.2. The van der Waals surface area contributed by atoms with E-state index in [9.17, 15) is 5.11 Å². The van der Waals surface area contributed by atoms with Crippen molar-refractivity contribution in [3.63, 3.8) is 0 Å². The van der Waals surface area contributed by atoms with Crippen molar-refractivity contribution in [2.45, 2.75) is 6.92 Å². The Morgan fingerprint density at radius 1 is 0.862 bits per heavy atom. The minimum atomic E-state index is 0.293. The van der Waals surface area contributed by atoms with Crippen LogP contribution in [0.5, 0.6) is 5.75 Å². The molecule has 1 fully saturated rings. The van der Waals surface area contributed by atoms with Gasteiger partial charge in [-0.15, -0.1) is 0 Å². The highest BCUT2D eigenvalue weighted by Crippen LogP contribution is 2.25. The number of hydrogen-bond donors (Lipinski definition) is 1. The number of phenols is 1. The van der Waals surface area contributed by atoms with Gasteiger partial charge in [-0.2, -0.15) is 4.98 Å². The molecule has 0 aliphatic carbocycles. The van der Waals surface area contributed by atoms with Crippen LogP contribution in [0.3, 0.4) is 0 Å². The van der Waals surface area contributed by atoms with Crippen molar-refractivity contribution in [3.8, 4) is 11.4 Å². The summed E-state index contributed by atoms with van der Waals surface area (Å²) in [6.45, 7) is 5.50. The number of aromatic nitrogens is 4. The molecule has 1 aliphatic rings. The second-order valence-corrected chi connectivity index (χ2v) is 7.23. The van der Waals surface area contributed by atoms with Crippen molar-refractivity contribution in [2.24, 2.45) is 0 Å². The van der Waals surface area contributed by atoms with Gasteiger partial charge in [0, 0.05) is 49.6 Å². The smallest absolute Gasteiger partial charge is 0.227 e. The molecular formula is C22H22N6O. The number of pyridine rings is 1. The zero-order valence-electron chi connectivity index (χ0n) is 16.2. The molecule has 3 aromatic heterocycles. The van der Waals surface area contributed by atoms with E-state index >= 15 is 0 Å². The van der Waals surface area contributed by atoms with E-state index < -0.39 is 0 Å². The molecule has 1 N–H and O–H groups in total. The van der Waals surface area contributed by atoms with E-state index in [0.29, 0.717) is 5.75 Å². The summed E-state index contributed by atoms with van der Waals surface area (Å²) in [4.78, 5) is 18.5. The summed E-state index contributed by atoms with van der Waals surface area (Å²) >= 11 is 0. The fourth-order valence-electron chi connectivity index (χ4n) is 3.82. The van der Waals surface area contributed by atoms with Gasteiger partial charge in [-0.1, -0.05) is 0 Å². The molecule has 7 heteroatoms. The zero-order valence-corrected chi connectivity index (χ0v) is 16.2. The van der Waals surface area contributed by atoms with Gasteiger partial charge < -0.3 is 14.9 Å². The predicted molar refractivity (Wildman–Crippen MR) is 114 cm³/mol. The number of aryl methyl sites for hydroxylation is 1. The normalized spacial score (nSPS) is 14.5. The minimum Gasteiger partial charge on any atom is -0.508 e. The molecule has 4 heterocycles. The van der Waals surface area contributed by atoms with Crippen molar-refractivity contribution < 1.29 is 5.11 Å². The molecular weight excluding hydrogens is 364 g/mol. The topological polar surface area (TPSA) is 70.3 Å². The lowest BCUT2D eigenvalue weighted by molar-refractivity contribution is 0.475. The molecule has 1 aromatic carbocycles. The molecule has 146 valence electrons. The number of hydrogen-bond acceptors (Lipinski definition) is 6. The van der Waals surface area contributed by atoms with Crippen molar-refractivity contribution in [3.05, 3.63) is 66.7 Å². The second-order valence-electron chi connectivity index (χ2n) is 7.23.